The van der Waals surface area contributed by atoms with Crippen molar-refractivity contribution in [2.45, 2.75) is 32.6 Å². The number of carbonyl (C=O) groups is 1. The van der Waals surface area contributed by atoms with E-state index in [0.29, 0.717) is 11.1 Å². The molecule has 1 heterocycles. The van der Waals surface area contributed by atoms with Crippen LogP contribution in [0.2, 0.25) is 0 Å². The summed E-state index contributed by atoms with van der Waals surface area (Å²) in [6.45, 7) is 6.61. The predicted octanol–water partition coefficient (Wildman–Crippen LogP) is 3.24. The van der Waals surface area contributed by atoms with Crippen LogP contribution in [-0.4, -0.2) is 30.8 Å². The summed E-state index contributed by atoms with van der Waals surface area (Å²) in [5.74, 6) is -2.07. The monoisotopic (exact) mass is 460 g/mol. The highest BCUT2D eigenvalue weighted by atomic mass is 32.2. The standard InChI is InChI=1S/C22H21FN2O6S/c1-5-30-22(27)20-18(12-19(26)25(24-20)17-8-6-16(23)7-9-17)31-32(28,29)21-14(3)10-13(2)11-15(21)4/h6-12H,5H2,1-4H3. The number of aryl methyl sites for hydroxylation is 3. The smallest absolute Gasteiger partial charge is 0.362 e. The third-order valence-electron chi connectivity index (χ3n) is 4.49. The maximum Gasteiger partial charge on any atom is 0.362 e. The van der Waals surface area contributed by atoms with E-state index in [1.807, 2.05) is 6.92 Å². The molecule has 0 fully saturated rings. The summed E-state index contributed by atoms with van der Waals surface area (Å²) in [6, 6.07) is 9.00. The Bertz CT molecular complexity index is 1320. The number of nitrogens with zero attached hydrogens (tertiary/aromatic N) is 2. The second-order valence-electron chi connectivity index (χ2n) is 7.07. The number of aromatic nitrogens is 2. The lowest BCUT2D eigenvalue weighted by atomic mass is 10.1. The number of halogens is 1. The number of hydrogen-bond acceptors (Lipinski definition) is 7. The molecule has 32 heavy (non-hydrogen) atoms. The van der Waals surface area contributed by atoms with Crippen LogP contribution < -0.4 is 9.74 Å². The summed E-state index contributed by atoms with van der Waals surface area (Å²) >= 11 is 0. The SMILES string of the molecule is CCOC(=O)c1nn(-c2ccc(F)cc2)c(=O)cc1OS(=O)(=O)c1c(C)cc(C)cc1C. The van der Waals surface area contributed by atoms with Gasteiger partial charge in [0, 0.05) is 0 Å². The van der Waals surface area contributed by atoms with Gasteiger partial charge in [0.25, 0.3) is 5.56 Å². The van der Waals surface area contributed by atoms with Crippen LogP contribution in [0.25, 0.3) is 5.69 Å². The van der Waals surface area contributed by atoms with Crippen molar-refractivity contribution in [1.29, 1.82) is 0 Å². The molecule has 0 spiro atoms. The van der Waals surface area contributed by atoms with Gasteiger partial charge < -0.3 is 8.92 Å². The minimum Gasteiger partial charge on any atom is -0.461 e. The summed E-state index contributed by atoms with van der Waals surface area (Å²) in [6.07, 6.45) is 0. The normalized spacial score (nSPS) is 11.3. The first-order valence-corrected chi connectivity index (χ1v) is 11.0. The Morgan fingerprint density at radius 1 is 1.06 bits per heavy atom. The average Bonchev–Trinajstić information content (AvgIpc) is 2.67. The molecule has 0 N–H and O–H groups in total. The van der Waals surface area contributed by atoms with Crippen molar-refractivity contribution < 1.29 is 26.5 Å². The predicted molar refractivity (Wildman–Crippen MR) is 114 cm³/mol. The summed E-state index contributed by atoms with van der Waals surface area (Å²) in [7, 11) is -4.41. The van der Waals surface area contributed by atoms with E-state index in [9.17, 15) is 22.4 Å². The van der Waals surface area contributed by atoms with Crippen LogP contribution in [0, 0.1) is 26.6 Å². The van der Waals surface area contributed by atoms with Crippen molar-refractivity contribution >= 4 is 16.1 Å². The Morgan fingerprint density at radius 2 is 1.66 bits per heavy atom. The van der Waals surface area contributed by atoms with Gasteiger partial charge in [-0.25, -0.2) is 9.18 Å². The van der Waals surface area contributed by atoms with Gasteiger partial charge in [0.15, 0.2) is 5.75 Å². The third-order valence-corrected chi connectivity index (χ3v) is 6.03. The molecule has 3 rings (SSSR count). The fourth-order valence-electron chi connectivity index (χ4n) is 3.33. The van der Waals surface area contributed by atoms with Crippen LogP contribution in [0.4, 0.5) is 4.39 Å². The maximum atomic E-state index is 13.2. The molecule has 0 bridgehead atoms. The summed E-state index contributed by atoms with van der Waals surface area (Å²) < 4.78 is 50.3. The Labute approximate surface area is 184 Å². The van der Waals surface area contributed by atoms with Crippen molar-refractivity contribution in [3.05, 3.63) is 81.0 Å². The van der Waals surface area contributed by atoms with Gasteiger partial charge in [0.2, 0.25) is 5.69 Å². The molecular formula is C22H21FN2O6S. The van der Waals surface area contributed by atoms with Crippen LogP contribution in [0.5, 0.6) is 5.75 Å². The Morgan fingerprint density at radius 3 is 2.22 bits per heavy atom. The fourth-order valence-corrected chi connectivity index (χ4v) is 4.69. The van der Waals surface area contributed by atoms with Gasteiger partial charge in [-0.1, -0.05) is 17.7 Å². The van der Waals surface area contributed by atoms with Gasteiger partial charge in [-0.05, 0) is 63.1 Å². The minimum atomic E-state index is -4.41. The first-order valence-electron chi connectivity index (χ1n) is 9.63. The van der Waals surface area contributed by atoms with E-state index in [1.165, 1.54) is 12.1 Å². The van der Waals surface area contributed by atoms with Crippen LogP contribution in [0.15, 0.2) is 52.2 Å². The van der Waals surface area contributed by atoms with E-state index in [2.05, 4.69) is 5.10 Å². The number of benzene rings is 2. The minimum absolute atomic E-state index is 0.0153. The van der Waals surface area contributed by atoms with Gasteiger partial charge >= 0.3 is 16.1 Å². The zero-order chi connectivity index (χ0) is 23.6. The van der Waals surface area contributed by atoms with Gasteiger partial charge in [0.1, 0.15) is 10.7 Å². The molecule has 0 atom stereocenters. The zero-order valence-corrected chi connectivity index (χ0v) is 18.7. The summed E-state index contributed by atoms with van der Waals surface area (Å²) in [4.78, 5) is 25.1. The van der Waals surface area contributed by atoms with Gasteiger partial charge in [-0.15, -0.1) is 0 Å². The first-order chi connectivity index (χ1) is 15.0. The molecule has 8 nitrogen and oxygen atoms in total. The number of carbonyl (C=O) groups excluding carboxylic acids is 1. The highest BCUT2D eigenvalue weighted by molar-refractivity contribution is 7.87. The fraction of sp³-hybridized carbons (Fsp3) is 0.227. The molecule has 0 aliphatic rings. The molecule has 168 valence electrons. The molecule has 0 aliphatic heterocycles. The number of ether oxygens (including phenoxy) is 1. The van der Waals surface area contributed by atoms with Crippen LogP contribution in [0.1, 0.15) is 34.1 Å². The molecule has 10 heteroatoms. The van der Waals surface area contributed by atoms with Crippen LogP contribution in [0.3, 0.4) is 0 Å². The second kappa shape index (κ2) is 8.91. The van der Waals surface area contributed by atoms with Crippen molar-refractivity contribution in [2.24, 2.45) is 0 Å². The molecular weight excluding hydrogens is 439 g/mol. The van der Waals surface area contributed by atoms with E-state index >= 15 is 0 Å². The molecule has 0 saturated heterocycles. The molecule has 0 unspecified atom stereocenters. The van der Waals surface area contributed by atoms with Gasteiger partial charge in [0.05, 0.1) is 18.4 Å². The molecule has 0 saturated carbocycles. The number of esters is 1. The maximum absolute atomic E-state index is 13.2. The first kappa shape index (κ1) is 23.1. The van der Waals surface area contributed by atoms with Crippen molar-refractivity contribution in [3.8, 4) is 11.4 Å². The zero-order valence-electron chi connectivity index (χ0n) is 17.9. The Balaban J connectivity index is 2.15. The average molecular weight is 460 g/mol. The van der Waals surface area contributed by atoms with E-state index in [1.54, 1.807) is 32.9 Å². The molecule has 0 aliphatic carbocycles. The van der Waals surface area contributed by atoms with E-state index in [0.717, 1.165) is 28.4 Å². The second-order valence-corrected chi connectivity index (χ2v) is 8.55. The van der Waals surface area contributed by atoms with Crippen molar-refractivity contribution in [2.75, 3.05) is 6.61 Å². The highest BCUT2D eigenvalue weighted by Gasteiger charge is 2.27. The Hall–Kier alpha value is -3.53. The van der Waals surface area contributed by atoms with Crippen LogP contribution in [-0.2, 0) is 14.9 Å². The van der Waals surface area contributed by atoms with Crippen molar-refractivity contribution in [1.82, 2.24) is 9.78 Å². The molecule has 1 aromatic heterocycles. The van der Waals surface area contributed by atoms with Gasteiger partial charge in [-0.2, -0.15) is 18.2 Å². The summed E-state index contributed by atoms with van der Waals surface area (Å²) in [5.41, 5.74) is 0.644. The van der Waals surface area contributed by atoms with E-state index in [-0.39, 0.29) is 17.2 Å². The topological polar surface area (TPSA) is 105 Å². The number of hydrogen-bond donors (Lipinski definition) is 0. The Kier molecular flexibility index (Phi) is 6.45. The molecule has 2 aromatic carbocycles. The quantitative estimate of drug-likeness (QED) is 0.411. The summed E-state index contributed by atoms with van der Waals surface area (Å²) in [5, 5.41) is 3.95. The molecule has 3 aromatic rings. The van der Waals surface area contributed by atoms with Crippen LogP contribution >= 0.6 is 0 Å². The lowest BCUT2D eigenvalue weighted by Gasteiger charge is -2.15. The lowest BCUT2D eigenvalue weighted by molar-refractivity contribution is 0.0515. The van der Waals surface area contributed by atoms with E-state index in [4.69, 9.17) is 8.92 Å². The van der Waals surface area contributed by atoms with E-state index < -0.39 is 38.9 Å². The van der Waals surface area contributed by atoms with Gasteiger partial charge in [-0.3, -0.25) is 4.79 Å². The largest absolute Gasteiger partial charge is 0.461 e. The lowest BCUT2D eigenvalue weighted by Crippen LogP contribution is -2.26. The molecule has 0 radical (unpaired) electrons. The number of rotatable bonds is 6. The van der Waals surface area contributed by atoms with Crippen molar-refractivity contribution in [3.63, 3.8) is 0 Å². The highest BCUT2D eigenvalue weighted by Crippen LogP contribution is 2.27. The third kappa shape index (κ3) is 4.70. The molecule has 0 amide bonds.